The number of benzene rings is 2. The number of nitrogens with one attached hydrogen (secondary N) is 1. The summed E-state index contributed by atoms with van der Waals surface area (Å²) in [6.07, 6.45) is 1.71. The van der Waals surface area contributed by atoms with Crippen molar-refractivity contribution in [2.75, 3.05) is 18.5 Å². The molecule has 0 bridgehead atoms. The van der Waals surface area contributed by atoms with E-state index in [9.17, 15) is 4.79 Å². The van der Waals surface area contributed by atoms with Gasteiger partial charge in [-0.2, -0.15) is 0 Å². The summed E-state index contributed by atoms with van der Waals surface area (Å²) in [6.45, 7) is 1.57. The minimum Gasteiger partial charge on any atom is -0.490 e. The fourth-order valence-corrected chi connectivity index (χ4v) is 2.24. The van der Waals surface area contributed by atoms with Crippen molar-refractivity contribution >= 4 is 12.0 Å². The Balaban J connectivity index is 1.80. The Morgan fingerprint density at radius 3 is 2.68 bits per heavy atom. The summed E-state index contributed by atoms with van der Waals surface area (Å²) in [6, 6.07) is 13.9. The van der Waals surface area contributed by atoms with E-state index in [0.29, 0.717) is 12.2 Å². The van der Waals surface area contributed by atoms with E-state index in [4.69, 9.17) is 4.74 Å². The second-order valence-electron chi connectivity index (χ2n) is 4.64. The molecule has 2 aromatic rings. The molecule has 3 heteroatoms. The molecule has 3 rings (SSSR count). The average molecular weight is 253 g/mol. The molecule has 0 spiro atoms. The van der Waals surface area contributed by atoms with Crippen LogP contribution in [0.15, 0.2) is 42.5 Å². The zero-order chi connectivity index (χ0) is 13.1. The summed E-state index contributed by atoms with van der Waals surface area (Å²) >= 11 is 0. The highest BCUT2D eigenvalue weighted by molar-refractivity contribution is 5.74. The van der Waals surface area contributed by atoms with Crippen molar-refractivity contribution in [1.29, 1.82) is 0 Å². The lowest BCUT2D eigenvalue weighted by Gasteiger charge is -2.19. The third-order valence-corrected chi connectivity index (χ3v) is 3.25. The molecule has 0 fully saturated rings. The van der Waals surface area contributed by atoms with Gasteiger partial charge in [0.2, 0.25) is 0 Å². The van der Waals surface area contributed by atoms with Crippen LogP contribution in [0.1, 0.15) is 21.5 Å². The zero-order valence-corrected chi connectivity index (χ0v) is 10.6. The number of anilines is 1. The first-order chi connectivity index (χ1) is 9.35. The van der Waals surface area contributed by atoms with Crippen molar-refractivity contribution in [3.05, 3.63) is 59.2 Å². The van der Waals surface area contributed by atoms with Crippen LogP contribution in [0.3, 0.4) is 0 Å². The van der Waals surface area contributed by atoms with E-state index in [0.717, 1.165) is 30.7 Å². The molecule has 1 aliphatic rings. The molecule has 0 amide bonds. The normalized spacial score (nSPS) is 13.1. The van der Waals surface area contributed by atoms with Gasteiger partial charge in [-0.25, -0.2) is 0 Å². The van der Waals surface area contributed by atoms with E-state index in [1.165, 1.54) is 11.1 Å². The highest BCUT2D eigenvalue weighted by Gasteiger charge is 2.09. The van der Waals surface area contributed by atoms with Crippen LogP contribution in [0.2, 0.25) is 0 Å². The smallest absolute Gasteiger partial charge is 0.150 e. The molecule has 0 atom stereocenters. The summed E-state index contributed by atoms with van der Waals surface area (Å²) in [5.74, 6) is 0.924. The lowest BCUT2D eigenvalue weighted by Crippen LogP contribution is -2.18. The maximum atomic E-state index is 10.6. The molecule has 19 heavy (non-hydrogen) atoms. The van der Waals surface area contributed by atoms with Crippen LogP contribution >= 0.6 is 0 Å². The Hall–Kier alpha value is -2.29. The SMILES string of the molecule is O=Cc1ccc(Cc2ccc3c(c2)OCCN3)cc1. The van der Waals surface area contributed by atoms with Crippen molar-refractivity contribution in [3.63, 3.8) is 0 Å². The van der Waals surface area contributed by atoms with Gasteiger partial charge in [-0.15, -0.1) is 0 Å². The van der Waals surface area contributed by atoms with Gasteiger partial charge in [0.1, 0.15) is 18.6 Å². The molecule has 1 N–H and O–H groups in total. The van der Waals surface area contributed by atoms with Crippen molar-refractivity contribution < 1.29 is 9.53 Å². The number of rotatable bonds is 3. The molecule has 0 radical (unpaired) electrons. The van der Waals surface area contributed by atoms with Crippen LogP contribution in [-0.4, -0.2) is 19.4 Å². The van der Waals surface area contributed by atoms with Crippen molar-refractivity contribution in [3.8, 4) is 5.75 Å². The van der Waals surface area contributed by atoms with E-state index in [1.807, 2.05) is 24.3 Å². The molecule has 96 valence electrons. The molecule has 2 aromatic carbocycles. The maximum absolute atomic E-state index is 10.6. The lowest BCUT2D eigenvalue weighted by atomic mass is 10.0. The highest BCUT2D eigenvalue weighted by Crippen LogP contribution is 2.28. The number of carbonyl (C=O) groups is 1. The molecular weight excluding hydrogens is 238 g/mol. The fourth-order valence-electron chi connectivity index (χ4n) is 2.24. The molecule has 0 aliphatic carbocycles. The van der Waals surface area contributed by atoms with Gasteiger partial charge in [0.15, 0.2) is 0 Å². The number of carbonyl (C=O) groups excluding carboxylic acids is 1. The average Bonchev–Trinajstić information content (AvgIpc) is 2.48. The number of ether oxygens (including phenoxy) is 1. The predicted molar refractivity (Wildman–Crippen MR) is 75.1 cm³/mol. The van der Waals surface area contributed by atoms with Crippen LogP contribution in [0.5, 0.6) is 5.75 Å². The fraction of sp³-hybridized carbons (Fsp3) is 0.188. The van der Waals surface area contributed by atoms with Crippen molar-refractivity contribution in [1.82, 2.24) is 0 Å². The highest BCUT2D eigenvalue weighted by atomic mass is 16.5. The summed E-state index contributed by atoms with van der Waals surface area (Å²) in [7, 11) is 0. The van der Waals surface area contributed by atoms with E-state index in [1.54, 1.807) is 0 Å². The molecule has 0 saturated carbocycles. The lowest BCUT2D eigenvalue weighted by molar-refractivity contribution is 0.112. The molecule has 0 saturated heterocycles. The zero-order valence-electron chi connectivity index (χ0n) is 10.6. The molecule has 0 aromatic heterocycles. The topological polar surface area (TPSA) is 38.3 Å². The summed E-state index contributed by atoms with van der Waals surface area (Å²) in [5.41, 5.74) is 4.17. The Morgan fingerprint density at radius 2 is 1.89 bits per heavy atom. The van der Waals surface area contributed by atoms with Crippen LogP contribution < -0.4 is 10.1 Å². The summed E-state index contributed by atoms with van der Waals surface area (Å²) in [4.78, 5) is 10.6. The van der Waals surface area contributed by atoms with Gasteiger partial charge in [-0.05, 0) is 29.7 Å². The van der Waals surface area contributed by atoms with Gasteiger partial charge in [-0.3, -0.25) is 4.79 Å². The molecule has 3 nitrogen and oxygen atoms in total. The number of hydrogen-bond donors (Lipinski definition) is 1. The van der Waals surface area contributed by atoms with Gasteiger partial charge in [0.05, 0.1) is 5.69 Å². The second kappa shape index (κ2) is 5.14. The van der Waals surface area contributed by atoms with Crippen LogP contribution in [-0.2, 0) is 6.42 Å². The van der Waals surface area contributed by atoms with Gasteiger partial charge >= 0.3 is 0 Å². The van der Waals surface area contributed by atoms with E-state index in [2.05, 4.69) is 23.5 Å². The van der Waals surface area contributed by atoms with Gasteiger partial charge < -0.3 is 10.1 Å². The molecule has 0 unspecified atom stereocenters. The minimum atomic E-state index is 0.710. The first kappa shape index (κ1) is 11.8. The van der Waals surface area contributed by atoms with Crippen LogP contribution in [0, 0.1) is 0 Å². The van der Waals surface area contributed by atoms with E-state index < -0.39 is 0 Å². The van der Waals surface area contributed by atoms with Gasteiger partial charge in [-0.1, -0.05) is 30.3 Å². The van der Waals surface area contributed by atoms with Crippen LogP contribution in [0.25, 0.3) is 0 Å². The number of aldehydes is 1. The van der Waals surface area contributed by atoms with Crippen LogP contribution in [0.4, 0.5) is 5.69 Å². The Bertz CT molecular complexity index is 590. The first-order valence-corrected chi connectivity index (χ1v) is 6.39. The second-order valence-corrected chi connectivity index (χ2v) is 4.64. The van der Waals surface area contributed by atoms with Crippen molar-refractivity contribution in [2.45, 2.75) is 6.42 Å². The number of fused-ring (bicyclic) bond motifs is 1. The Labute approximate surface area is 112 Å². The molecule has 1 heterocycles. The van der Waals surface area contributed by atoms with Gasteiger partial charge in [0.25, 0.3) is 0 Å². The quantitative estimate of drug-likeness (QED) is 0.855. The maximum Gasteiger partial charge on any atom is 0.150 e. The number of hydrogen-bond acceptors (Lipinski definition) is 3. The molecular formula is C16H15NO2. The first-order valence-electron chi connectivity index (χ1n) is 6.39. The third-order valence-electron chi connectivity index (χ3n) is 3.25. The van der Waals surface area contributed by atoms with Crippen molar-refractivity contribution in [2.24, 2.45) is 0 Å². The largest absolute Gasteiger partial charge is 0.490 e. The monoisotopic (exact) mass is 253 g/mol. The standard InChI is InChI=1S/C16H15NO2/c18-11-13-3-1-12(2-4-13)9-14-5-6-15-16(10-14)19-8-7-17-15/h1-6,10-11,17H,7-9H2. The Morgan fingerprint density at radius 1 is 1.11 bits per heavy atom. The molecule has 1 aliphatic heterocycles. The minimum absolute atomic E-state index is 0.710. The third kappa shape index (κ3) is 2.60. The van der Waals surface area contributed by atoms with E-state index in [-0.39, 0.29) is 0 Å². The summed E-state index contributed by atoms with van der Waals surface area (Å²) < 4.78 is 5.63. The summed E-state index contributed by atoms with van der Waals surface area (Å²) in [5, 5.41) is 3.30. The predicted octanol–water partition coefficient (Wildman–Crippen LogP) is 2.89. The Kier molecular flexibility index (Phi) is 3.19. The van der Waals surface area contributed by atoms with Gasteiger partial charge in [0, 0.05) is 12.1 Å². The van der Waals surface area contributed by atoms with E-state index >= 15 is 0 Å².